The van der Waals surface area contributed by atoms with E-state index in [0.717, 1.165) is 24.0 Å². The molecule has 1 saturated heterocycles. The number of rotatable bonds is 8. The van der Waals surface area contributed by atoms with Crippen LogP contribution in [-0.4, -0.2) is 36.4 Å². The third-order valence-corrected chi connectivity index (χ3v) is 5.37. The maximum absolute atomic E-state index is 12.7. The number of unbranched alkanes of at least 4 members (excludes halogenated alkanes) is 1. The van der Waals surface area contributed by atoms with Gasteiger partial charge in [0, 0.05) is 18.2 Å². The number of carbonyl (C=O) groups excluding carboxylic acids is 1. The highest BCUT2D eigenvalue weighted by atomic mass is 32.1. The summed E-state index contributed by atoms with van der Waals surface area (Å²) in [6.07, 6.45) is 3.70. The lowest BCUT2D eigenvalue weighted by Gasteiger charge is -2.12. The molecule has 2 aliphatic heterocycles. The van der Waals surface area contributed by atoms with Gasteiger partial charge in [0.25, 0.3) is 5.91 Å². The summed E-state index contributed by atoms with van der Waals surface area (Å²) in [6.45, 7) is 3.21. The average molecular weight is 441 g/mol. The average Bonchev–Trinajstić information content (AvgIpc) is 3.35. The molecule has 0 unspecified atom stereocenters. The summed E-state index contributed by atoms with van der Waals surface area (Å²) in [5.41, 5.74) is 2.17. The highest BCUT2D eigenvalue weighted by Gasteiger charge is 2.29. The van der Waals surface area contributed by atoms with Crippen molar-refractivity contribution >= 4 is 29.3 Å². The van der Waals surface area contributed by atoms with Gasteiger partial charge >= 0.3 is 0 Å². The Balaban J connectivity index is 1.50. The standard InChI is InChI=1S/C23H24N2O5S/c1-3-4-9-25-22(26)18(24-23(25)31)11-15-5-7-19(27-2)16(10-15)13-28-17-6-8-20-21(12-17)30-14-29-20/h5-8,10-12H,3-4,9,13-14H2,1-2H3,(H,24,31)/b18-11+. The van der Waals surface area contributed by atoms with Crippen LogP contribution in [0, 0.1) is 0 Å². The van der Waals surface area contributed by atoms with E-state index in [0.29, 0.717) is 47.0 Å². The van der Waals surface area contributed by atoms with Crippen molar-refractivity contribution in [2.24, 2.45) is 0 Å². The molecule has 162 valence electrons. The Morgan fingerprint density at radius 2 is 2.03 bits per heavy atom. The molecule has 0 spiro atoms. The molecule has 0 bridgehead atoms. The smallest absolute Gasteiger partial charge is 0.276 e. The fourth-order valence-corrected chi connectivity index (χ4v) is 3.67. The van der Waals surface area contributed by atoms with Gasteiger partial charge in [-0.2, -0.15) is 0 Å². The lowest BCUT2D eigenvalue weighted by molar-refractivity contribution is -0.122. The summed E-state index contributed by atoms with van der Waals surface area (Å²) >= 11 is 5.31. The van der Waals surface area contributed by atoms with Gasteiger partial charge in [0.1, 0.15) is 23.8 Å². The molecule has 0 saturated carbocycles. The summed E-state index contributed by atoms with van der Waals surface area (Å²) in [4.78, 5) is 14.3. The predicted octanol–water partition coefficient (Wildman–Crippen LogP) is 3.86. The first kappa shape index (κ1) is 21.0. The number of hydrogen-bond acceptors (Lipinski definition) is 6. The number of amides is 1. The van der Waals surface area contributed by atoms with E-state index in [2.05, 4.69) is 12.2 Å². The van der Waals surface area contributed by atoms with Crippen LogP contribution < -0.4 is 24.3 Å². The molecule has 0 aromatic heterocycles. The number of nitrogens with one attached hydrogen (secondary N) is 1. The Kier molecular flexibility index (Phi) is 6.27. The molecule has 0 aliphatic carbocycles. The minimum Gasteiger partial charge on any atom is -0.496 e. The number of hydrogen-bond donors (Lipinski definition) is 1. The first-order valence-corrected chi connectivity index (χ1v) is 10.5. The van der Waals surface area contributed by atoms with E-state index in [9.17, 15) is 4.79 Å². The quantitative estimate of drug-likeness (QED) is 0.494. The zero-order chi connectivity index (χ0) is 21.8. The molecule has 4 rings (SSSR count). The molecule has 1 N–H and O–H groups in total. The zero-order valence-corrected chi connectivity index (χ0v) is 18.3. The van der Waals surface area contributed by atoms with Crippen LogP contribution in [0.2, 0.25) is 0 Å². The van der Waals surface area contributed by atoms with E-state index >= 15 is 0 Å². The Hall–Kier alpha value is -3.26. The van der Waals surface area contributed by atoms with Crippen LogP contribution in [0.4, 0.5) is 0 Å². The molecule has 7 nitrogen and oxygen atoms in total. The number of methoxy groups -OCH3 is 1. The molecule has 2 aromatic carbocycles. The van der Waals surface area contributed by atoms with Crippen molar-refractivity contribution in [1.82, 2.24) is 10.2 Å². The Labute approximate surface area is 186 Å². The molecule has 0 radical (unpaired) electrons. The maximum atomic E-state index is 12.7. The number of thiocarbonyl (C=S) groups is 1. The molecule has 2 aliphatic rings. The molecule has 0 atom stereocenters. The summed E-state index contributed by atoms with van der Waals surface area (Å²) in [5.74, 6) is 2.64. The van der Waals surface area contributed by atoms with Crippen molar-refractivity contribution in [3.05, 3.63) is 53.2 Å². The van der Waals surface area contributed by atoms with Crippen LogP contribution in [0.15, 0.2) is 42.1 Å². The molecule has 31 heavy (non-hydrogen) atoms. The van der Waals surface area contributed by atoms with Crippen molar-refractivity contribution in [2.45, 2.75) is 26.4 Å². The van der Waals surface area contributed by atoms with Gasteiger partial charge in [0.05, 0.1) is 7.11 Å². The molecule has 2 aromatic rings. The van der Waals surface area contributed by atoms with Gasteiger partial charge in [-0.3, -0.25) is 9.69 Å². The first-order chi connectivity index (χ1) is 15.1. The van der Waals surface area contributed by atoms with Crippen LogP contribution >= 0.6 is 12.2 Å². The normalized spacial score (nSPS) is 16.1. The van der Waals surface area contributed by atoms with Crippen LogP contribution in [0.25, 0.3) is 6.08 Å². The summed E-state index contributed by atoms with van der Waals surface area (Å²) in [7, 11) is 1.61. The Morgan fingerprint density at radius 1 is 1.19 bits per heavy atom. The van der Waals surface area contributed by atoms with E-state index in [1.807, 2.05) is 30.3 Å². The fourth-order valence-electron chi connectivity index (χ4n) is 3.39. The lowest BCUT2D eigenvalue weighted by Crippen LogP contribution is -2.31. The minimum absolute atomic E-state index is 0.104. The number of ether oxygens (including phenoxy) is 4. The number of fused-ring (bicyclic) bond motifs is 1. The number of nitrogens with zero attached hydrogens (tertiary/aromatic N) is 1. The third-order valence-electron chi connectivity index (χ3n) is 5.05. The molecule has 8 heteroatoms. The first-order valence-electron chi connectivity index (χ1n) is 10.1. The van der Waals surface area contributed by atoms with Gasteiger partial charge in [-0.25, -0.2) is 0 Å². The maximum Gasteiger partial charge on any atom is 0.276 e. The highest BCUT2D eigenvalue weighted by Crippen LogP contribution is 2.35. The van der Waals surface area contributed by atoms with Gasteiger partial charge in [-0.1, -0.05) is 19.4 Å². The van der Waals surface area contributed by atoms with E-state index < -0.39 is 0 Å². The predicted molar refractivity (Wildman–Crippen MR) is 120 cm³/mol. The van der Waals surface area contributed by atoms with Crippen molar-refractivity contribution in [3.63, 3.8) is 0 Å². The van der Waals surface area contributed by atoms with Gasteiger partial charge in [0.2, 0.25) is 6.79 Å². The van der Waals surface area contributed by atoms with Crippen molar-refractivity contribution in [3.8, 4) is 23.0 Å². The largest absolute Gasteiger partial charge is 0.496 e. The van der Waals surface area contributed by atoms with Gasteiger partial charge in [0.15, 0.2) is 16.6 Å². The van der Waals surface area contributed by atoms with E-state index in [-0.39, 0.29) is 12.7 Å². The minimum atomic E-state index is -0.104. The second kappa shape index (κ2) is 9.26. The number of benzene rings is 2. The van der Waals surface area contributed by atoms with Gasteiger partial charge in [-0.15, -0.1) is 0 Å². The van der Waals surface area contributed by atoms with Crippen LogP contribution in [-0.2, 0) is 11.4 Å². The second-order valence-electron chi connectivity index (χ2n) is 7.17. The highest BCUT2D eigenvalue weighted by molar-refractivity contribution is 7.80. The fraction of sp³-hybridized carbons (Fsp3) is 0.304. The zero-order valence-electron chi connectivity index (χ0n) is 17.5. The summed E-state index contributed by atoms with van der Waals surface area (Å²) < 4.78 is 22.1. The van der Waals surface area contributed by atoms with Crippen LogP contribution in [0.5, 0.6) is 23.0 Å². The SMILES string of the molecule is CCCCN1C(=O)/C(=C\c2ccc(OC)c(COc3ccc4c(c3)OCO4)c2)NC1=S. The van der Waals surface area contributed by atoms with Crippen molar-refractivity contribution in [1.29, 1.82) is 0 Å². The van der Waals surface area contributed by atoms with Gasteiger partial charge in [-0.05, 0) is 54.5 Å². The topological polar surface area (TPSA) is 69.3 Å². The third kappa shape index (κ3) is 4.59. The van der Waals surface area contributed by atoms with Crippen molar-refractivity contribution in [2.75, 3.05) is 20.4 Å². The number of carbonyl (C=O) groups is 1. The molecular formula is C23H24N2O5S. The summed E-state index contributed by atoms with van der Waals surface area (Å²) in [6, 6.07) is 11.1. The Bertz CT molecular complexity index is 1040. The molecule has 1 amide bonds. The van der Waals surface area contributed by atoms with E-state index in [4.69, 9.17) is 31.2 Å². The van der Waals surface area contributed by atoms with Crippen LogP contribution in [0.3, 0.4) is 0 Å². The van der Waals surface area contributed by atoms with Crippen molar-refractivity contribution < 1.29 is 23.7 Å². The van der Waals surface area contributed by atoms with E-state index in [1.54, 1.807) is 24.2 Å². The molecular weight excluding hydrogens is 416 g/mol. The summed E-state index contributed by atoms with van der Waals surface area (Å²) in [5, 5.41) is 3.47. The second-order valence-corrected chi connectivity index (χ2v) is 7.56. The molecule has 1 fully saturated rings. The molecule has 2 heterocycles. The lowest BCUT2D eigenvalue weighted by atomic mass is 10.1. The Morgan fingerprint density at radius 3 is 2.84 bits per heavy atom. The van der Waals surface area contributed by atoms with Crippen LogP contribution in [0.1, 0.15) is 30.9 Å². The van der Waals surface area contributed by atoms with Gasteiger partial charge < -0.3 is 24.3 Å². The van der Waals surface area contributed by atoms with E-state index in [1.165, 1.54) is 0 Å². The monoisotopic (exact) mass is 440 g/mol.